The van der Waals surface area contributed by atoms with E-state index in [1.54, 1.807) is 6.92 Å². The zero-order valence-corrected chi connectivity index (χ0v) is 21.5. The van der Waals surface area contributed by atoms with E-state index >= 15 is 8.78 Å². The number of amides is 2. The van der Waals surface area contributed by atoms with E-state index in [2.05, 4.69) is 4.99 Å². The molecule has 0 aromatic heterocycles. The first kappa shape index (κ1) is 28.9. The van der Waals surface area contributed by atoms with Crippen molar-refractivity contribution in [2.24, 2.45) is 4.99 Å². The summed E-state index contributed by atoms with van der Waals surface area (Å²) in [5.41, 5.74) is -5.73. The number of imide groups is 1. The van der Waals surface area contributed by atoms with Crippen LogP contribution in [0.1, 0.15) is 71.3 Å². The van der Waals surface area contributed by atoms with Crippen LogP contribution in [0.2, 0.25) is 0 Å². The molecule has 0 aliphatic carbocycles. The molecule has 1 aliphatic rings. The third-order valence-electron chi connectivity index (χ3n) is 4.76. The highest BCUT2D eigenvalue weighted by Crippen LogP contribution is 2.45. The Kier molecular flexibility index (Phi) is 8.02. The summed E-state index contributed by atoms with van der Waals surface area (Å²) in [5, 5.41) is 0. The van der Waals surface area contributed by atoms with E-state index in [-0.39, 0.29) is 17.1 Å². The standard InChI is InChI=1S/C24H31F3N2O7/c1-9-33-17(30)14-10-11-16(25)15(12-14)23(8)24(26,27)13-34-18(28-23)29(19(31)35-21(2,3)4)20(32)36-22(5,6)7/h10-12H,9,13H2,1-8H3/t23-/m1/s1. The topological polar surface area (TPSA) is 104 Å². The lowest BCUT2D eigenvalue weighted by Gasteiger charge is -2.39. The summed E-state index contributed by atoms with van der Waals surface area (Å²) in [6, 6.07) is 1.91. The number of rotatable bonds is 3. The van der Waals surface area contributed by atoms with Crippen LogP contribution in [0.25, 0.3) is 0 Å². The van der Waals surface area contributed by atoms with Crippen molar-refractivity contribution in [3.8, 4) is 0 Å². The Morgan fingerprint density at radius 3 is 2.06 bits per heavy atom. The molecule has 0 spiro atoms. The van der Waals surface area contributed by atoms with E-state index in [0.717, 1.165) is 25.1 Å². The van der Waals surface area contributed by atoms with Gasteiger partial charge in [-0.25, -0.2) is 23.8 Å². The maximum atomic E-state index is 15.2. The molecule has 1 aromatic carbocycles. The van der Waals surface area contributed by atoms with Gasteiger partial charge in [0.05, 0.1) is 12.2 Å². The number of hydrogen-bond acceptors (Lipinski definition) is 8. The smallest absolute Gasteiger partial charge is 0.428 e. The van der Waals surface area contributed by atoms with Gasteiger partial charge < -0.3 is 18.9 Å². The van der Waals surface area contributed by atoms with Gasteiger partial charge in [0.1, 0.15) is 17.0 Å². The van der Waals surface area contributed by atoms with Crippen molar-refractivity contribution in [2.45, 2.75) is 78.1 Å². The molecule has 0 saturated heterocycles. The molecule has 2 amide bonds. The minimum atomic E-state index is -3.82. The summed E-state index contributed by atoms with van der Waals surface area (Å²) in [5.74, 6) is -5.78. The van der Waals surface area contributed by atoms with Crippen LogP contribution in [0.5, 0.6) is 0 Å². The average molecular weight is 517 g/mol. The zero-order valence-electron chi connectivity index (χ0n) is 21.5. The summed E-state index contributed by atoms with van der Waals surface area (Å²) in [7, 11) is 0. The van der Waals surface area contributed by atoms with Crippen molar-refractivity contribution in [2.75, 3.05) is 13.2 Å². The van der Waals surface area contributed by atoms with Crippen molar-refractivity contribution >= 4 is 24.2 Å². The van der Waals surface area contributed by atoms with Crippen LogP contribution in [0.4, 0.5) is 22.8 Å². The number of aliphatic imine (C=N–C) groups is 1. The first-order valence-corrected chi connectivity index (χ1v) is 11.1. The number of esters is 1. The van der Waals surface area contributed by atoms with Crippen LogP contribution in [0.3, 0.4) is 0 Å². The van der Waals surface area contributed by atoms with Crippen LogP contribution >= 0.6 is 0 Å². The van der Waals surface area contributed by atoms with Crippen molar-refractivity contribution in [1.82, 2.24) is 4.90 Å². The number of benzene rings is 1. The lowest BCUT2D eigenvalue weighted by atomic mass is 9.84. The van der Waals surface area contributed by atoms with E-state index in [1.807, 2.05) is 0 Å². The van der Waals surface area contributed by atoms with Gasteiger partial charge in [-0.1, -0.05) is 0 Å². The van der Waals surface area contributed by atoms with Crippen molar-refractivity contribution in [3.63, 3.8) is 0 Å². The molecule has 200 valence electrons. The van der Waals surface area contributed by atoms with E-state index in [9.17, 15) is 18.8 Å². The van der Waals surface area contributed by atoms with Gasteiger partial charge >= 0.3 is 30.1 Å². The van der Waals surface area contributed by atoms with Gasteiger partial charge in [-0.05, 0) is 73.6 Å². The van der Waals surface area contributed by atoms with Gasteiger partial charge in [0.15, 0.2) is 12.1 Å². The van der Waals surface area contributed by atoms with Crippen molar-refractivity contribution in [3.05, 3.63) is 35.1 Å². The molecular weight excluding hydrogens is 485 g/mol. The molecule has 12 heteroatoms. The van der Waals surface area contributed by atoms with Gasteiger partial charge in [-0.3, -0.25) is 0 Å². The van der Waals surface area contributed by atoms with Crippen LogP contribution in [0.15, 0.2) is 23.2 Å². The third-order valence-corrected chi connectivity index (χ3v) is 4.76. The predicted molar refractivity (Wildman–Crippen MR) is 122 cm³/mol. The Balaban J connectivity index is 2.69. The van der Waals surface area contributed by atoms with Crippen LogP contribution in [-0.4, -0.2) is 59.4 Å². The molecule has 1 aromatic rings. The molecule has 1 aliphatic heterocycles. The SMILES string of the molecule is CCOC(=O)c1ccc(F)c([C@@]2(C)N=C(N(C(=O)OC(C)(C)C)C(=O)OC(C)(C)C)OCC2(F)F)c1. The molecule has 1 atom stereocenters. The molecule has 0 bridgehead atoms. The summed E-state index contributed by atoms with van der Waals surface area (Å²) >= 11 is 0. The highest BCUT2D eigenvalue weighted by molar-refractivity contribution is 6.06. The van der Waals surface area contributed by atoms with Gasteiger partial charge in [-0.2, -0.15) is 8.78 Å². The molecule has 0 unspecified atom stereocenters. The third kappa shape index (κ3) is 6.46. The number of hydrogen-bond donors (Lipinski definition) is 0. The minimum Gasteiger partial charge on any atom is -0.462 e. The fraction of sp³-hybridized carbons (Fsp3) is 0.583. The van der Waals surface area contributed by atoms with Gasteiger partial charge in [0.2, 0.25) is 0 Å². The second kappa shape index (κ2) is 9.98. The Morgan fingerprint density at radius 1 is 1.06 bits per heavy atom. The fourth-order valence-corrected chi connectivity index (χ4v) is 3.06. The average Bonchev–Trinajstić information content (AvgIpc) is 2.68. The molecule has 9 nitrogen and oxygen atoms in total. The van der Waals surface area contributed by atoms with Gasteiger partial charge in [-0.15, -0.1) is 4.90 Å². The molecule has 0 fully saturated rings. The van der Waals surface area contributed by atoms with E-state index in [0.29, 0.717) is 0 Å². The van der Waals surface area contributed by atoms with Gasteiger partial charge in [0.25, 0.3) is 0 Å². The van der Waals surface area contributed by atoms with Crippen molar-refractivity contribution in [1.29, 1.82) is 0 Å². The minimum absolute atomic E-state index is 0.00977. The first-order valence-electron chi connectivity index (χ1n) is 11.1. The van der Waals surface area contributed by atoms with Gasteiger partial charge in [0, 0.05) is 5.56 Å². The number of amidine groups is 1. The number of carbonyl (C=O) groups excluding carboxylic acids is 3. The highest BCUT2D eigenvalue weighted by atomic mass is 19.3. The molecule has 0 radical (unpaired) electrons. The first-order chi connectivity index (χ1) is 16.3. The largest absolute Gasteiger partial charge is 0.462 e. The summed E-state index contributed by atoms with van der Waals surface area (Å²) < 4.78 is 65.6. The summed E-state index contributed by atoms with van der Waals surface area (Å²) in [6.07, 6.45) is -2.60. The van der Waals surface area contributed by atoms with E-state index < -0.39 is 64.8 Å². The molecular formula is C24H31F3N2O7. The predicted octanol–water partition coefficient (Wildman–Crippen LogP) is 5.41. The second-order valence-electron chi connectivity index (χ2n) is 10.2. The molecule has 1 heterocycles. The number of ether oxygens (including phenoxy) is 4. The number of carbonyl (C=O) groups is 3. The number of alkyl halides is 2. The number of nitrogens with zero attached hydrogens (tertiary/aromatic N) is 2. The molecule has 0 N–H and O–H groups in total. The van der Waals surface area contributed by atoms with Crippen LogP contribution in [-0.2, 0) is 24.5 Å². The molecule has 0 saturated carbocycles. The summed E-state index contributed by atoms with van der Waals surface area (Å²) in [4.78, 5) is 42.0. The normalized spacial score (nSPS) is 19.5. The second-order valence-corrected chi connectivity index (χ2v) is 10.2. The lowest BCUT2D eigenvalue weighted by Crippen LogP contribution is -2.56. The zero-order chi connectivity index (χ0) is 27.7. The van der Waals surface area contributed by atoms with Crippen molar-refractivity contribution < 1.29 is 46.5 Å². The molecule has 2 rings (SSSR count). The molecule has 36 heavy (non-hydrogen) atoms. The van der Waals surface area contributed by atoms with Crippen LogP contribution in [0, 0.1) is 5.82 Å². The quantitative estimate of drug-likeness (QED) is 0.391. The Hall–Kier alpha value is -3.31. The lowest BCUT2D eigenvalue weighted by molar-refractivity contribution is -0.121. The van der Waals surface area contributed by atoms with E-state index in [4.69, 9.17) is 18.9 Å². The maximum Gasteiger partial charge on any atom is 0.428 e. The highest BCUT2D eigenvalue weighted by Gasteiger charge is 2.58. The number of halogens is 3. The Morgan fingerprint density at radius 2 is 1.58 bits per heavy atom. The fourth-order valence-electron chi connectivity index (χ4n) is 3.06. The summed E-state index contributed by atoms with van der Waals surface area (Å²) in [6.45, 7) is 10.2. The van der Waals surface area contributed by atoms with E-state index in [1.165, 1.54) is 41.5 Å². The van der Waals surface area contributed by atoms with Crippen LogP contribution < -0.4 is 0 Å². The monoisotopic (exact) mass is 516 g/mol. The Bertz CT molecular complexity index is 1030. The Labute approximate surface area is 207 Å². The maximum absolute atomic E-state index is 15.2.